The largest absolute Gasteiger partial charge is 0.390 e. The molecule has 1 aliphatic heterocycles. The van der Waals surface area contributed by atoms with Crippen LogP contribution in [0.25, 0.3) is 0 Å². The molecule has 0 saturated carbocycles. The molecule has 1 unspecified atom stereocenters. The van der Waals surface area contributed by atoms with Crippen LogP contribution in [0.2, 0.25) is 0 Å². The van der Waals surface area contributed by atoms with Gasteiger partial charge in [-0.25, -0.2) is 0 Å². The van der Waals surface area contributed by atoms with Crippen LogP contribution in [0.4, 0.5) is 0 Å². The number of hydrogen-bond acceptors (Lipinski definition) is 4. The fourth-order valence-electron chi connectivity index (χ4n) is 5.17. The van der Waals surface area contributed by atoms with E-state index in [0.29, 0.717) is 18.9 Å². The number of unbranched alkanes of at least 4 members (excludes halogenated alkanes) is 16. The fraction of sp³-hybridized carbons (Fsp3) is 1.00. The van der Waals surface area contributed by atoms with Crippen molar-refractivity contribution in [1.82, 2.24) is 0 Å². The van der Waals surface area contributed by atoms with Crippen LogP contribution in [0.1, 0.15) is 156 Å². The molecule has 1 saturated heterocycles. The molecule has 4 heteroatoms. The average Bonchev–Trinajstić information content (AvgIpc) is 2.83. The minimum Gasteiger partial charge on any atom is -0.390 e. The highest BCUT2D eigenvalue weighted by atomic mass is 16.7. The fourth-order valence-corrected chi connectivity index (χ4v) is 5.17. The molecular formula is C30H60O4. The molecule has 1 fully saturated rings. The first-order valence-corrected chi connectivity index (χ1v) is 15.2. The molecule has 1 rings (SSSR count). The van der Waals surface area contributed by atoms with Gasteiger partial charge in [0.15, 0.2) is 6.29 Å². The van der Waals surface area contributed by atoms with Gasteiger partial charge < -0.3 is 19.7 Å². The number of rotatable bonds is 23. The molecular weight excluding hydrogens is 424 g/mol. The van der Waals surface area contributed by atoms with Crippen molar-refractivity contribution in [3.63, 3.8) is 0 Å². The van der Waals surface area contributed by atoms with Gasteiger partial charge in [-0.2, -0.15) is 0 Å². The number of aliphatic hydroxyl groups excluding tert-OH is 2. The Bertz CT molecular complexity index is 418. The lowest BCUT2D eigenvalue weighted by Crippen LogP contribution is -2.47. The molecule has 0 amide bonds. The van der Waals surface area contributed by atoms with Gasteiger partial charge in [0.25, 0.3) is 0 Å². The van der Waals surface area contributed by atoms with Gasteiger partial charge in [-0.3, -0.25) is 0 Å². The molecule has 0 spiro atoms. The van der Waals surface area contributed by atoms with Gasteiger partial charge in [0, 0.05) is 6.42 Å². The molecule has 1 heterocycles. The van der Waals surface area contributed by atoms with E-state index < -0.39 is 12.2 Å². The third kappa shape index (κ3) is 16.5. The lowest BCUT2D eigenvalue weighted by Gasteiger charge is -2.35. The zero-order valence-electron chi connectivity index (χ0n) is 23.2. The molecule has 0 aromatic rings. The first-order valence-electron chi connectivity index (χ1n) is 15.2. The van der Waals surface area contributed by atoms with Crippen LogP contribution >= 0.6 is 0 Å². The van der Waals surface area contributed by atoms with Crippen molar-refractivity contribution in [2.24, 2.45) is 5.92 Å². The van der Waals surface area contributed by atoms with Gasteiger partial charge in [-0.05, 0) is 25.7 Å². The van der Waals surface area contributed by atoms with Crippen LogP contribution in [0.5, 0.6) is 0 Å². The molecule has 0 radical (unpaired) electrons. The van der Waals surface area contributed by atoms with E-state index in [4.69, 9.17) is 9.47 Å². The second kappa shape index (κ2) is 22.1. The minimum atomic E-state index is -0.806. The third-order valence-corrected chi connectivity index (χ3v) is 7.63. The Hall–Kier alpha value is -0.160. The van der Waals surface area contributed by atoms with Crippen molar-refractivity contribution in [3.8, 4) is 0 Å². The summed E-state index contributed by atoms with van der Waals surface area (Å²) in [6, 6.07) is 0. The molecule has 4 nitrogen and oxygen atoms in total. The zero-order chi connectivity index (χ0) is 24.9. The highest BCUT2D eigenvalue weighted by Crippen LogP contribution is 2.24. The number of hydrogen-bond donors (Lipinski definition) is 2. The Labute approximate surface area is 212 Å². The summed E-state index contributed by atoms with van der Waals surface area (Å²) >= 11 is 0. The standard InChI is InChI=1S/C30H60O4/c1-4-6-8-10-12-14-15-17-19-21-23-27(22-20-18-16-13-11-9-7-5-2)25-33-29-24-28(31)30(32)26(3)34-29/h26-32H,4-25H2,1-3H3/t26-,27?,28-,29+,30-/m0/s1. The molecule has 1 aliphatic rings. The van der Waals surface area contributed by atoms with Crippen LogP contribution < -0.4 is 0 Å². The van der Waals surface area contributed by atoms with Gasteiger partial charge in [0.05, 0.1) is 18.8 Å². The Morgan fingerprint density at radius 3 is 1.50 bits per heavy atom. The van der Waals surface area contributed by atoms with E-state index in [1.165, 1.54) is 128 Å². The van der Waals surface area contributed by atoms with Crippen molar-refractivity contribution in [2.45, 2.75) is 180 Å². The van der Waals surface area contributed by atoms with Crippen molar-refractivity contribution >= 4 is 0 Å². The van der Waals surface area contributed by atoms with Crippen LogP contribution in [0.3, 0.4) is 0 Å². The molecule has 0 aromatic carbocycles. The summed E-state index contributed by atoms with van der Waals surface area (Å²) < 4.78 is 11.9. The van der Waals surface area contributed by atoms with Crippen molar-refractivity contribution in [1.29, 1.82) is 0 Å². The maximum Gasteiger partial charge on any atom is 0.160 e. The van der Waals surface area contributed by atoms with E-state index in [1.54, 1.807) is 0 Å². The summed E-state index contributed by atoms with van der Waals surface area (Å²) in [7, 11) is 0. The van der Waals surface area contributed by atoms with E-state index in [9.17, 15) is 10.2 Å². The molecule has 204 valence electrons. The lowest BCUT2D eigenvalue weighted by molar-refractivity contribution is -0.249. The molecule has 34 heavy (non-hydrogen) atoms. The quantitative estimate of drug-likeness (QED) is 0.143. The maximum absolute atomic E-state index is 10.1. The normalized spacial score (nSPS) is 23.9. The predicted molar refractivity (Wildman–Crippen MR) is 144 cm³/mol. The summed E-state index contributed by atoms with van der Waals surface area (Å²) in [5.74, 6) is 0.581. The Morgan fingerprint density at radius 2 is 1.09 bits per heavy atom. The maximum atomic E-state index is 10.1. The van der Waals surface area contributed by atoms with E-state index in [2.05, 4.69) is 13.8 Å². The van der Waals surface area contributed by atoms with Crippen molar-refractivity contribution in [3.05, 3.63) is 0 Å². The second-order valence-electron chi connectivity index (χ2n) is 11.0. The first-order chi connectivity index (χ1) is 16.6. The molecule has 0 bridgehead atoms. The second-order valence-corrected chi connectivity index (χ2v) is 11.0. The van der Waals surface area contributed by atoms with Crippen LogP contribution in [0, 0.1) is 5.92 Å². The van der Waals surface area contributed by atoms with Crippen molar-refractivity contribution < 1.29 is 19.7 Å². The summed E-state index contributed by atoms with van der Waals surface area (Å²) in [5.41, 5.74) is 0. The highest BCUT2D eigenvalue weighted by Gasteiger charge is 2.34. The predicted octanol–water partition coefficient (Wildman–Crippen LogP) is 8.32. The zero-order valence-corrected chi connectivity index (χ0v) is 23.2. The third-order valence-electron chi connectivity index (χ3n) is 7.63. The molecule has 0 aliphatic carbocycles. The van der Waals surface area contributed by atoms with E-state index in [0.717, 1.165) is 0 Å². The van der Waals surface area contributed by atoms with E-state index >= 15 is 0 Å². The van der Waals surface area contributed by atoms with E-state index in [-0.39, 0.29) is 12.4 Å². The summed E-state index contributed by atoms with van der Waals surface area (Å²) in [6.45, 7) is 7.08. The topological polar surface area (TPSA) is 58.9 Å². The minimum absolute atomic E-state index is 0.369. The van der Waals surface area contributed by atoms with Crippen LogP contribution in [-0.2, 0) is 9.47 Å². The monoisotopic (exact) mass is 484 g/mol. The molecule has 5 atom stereocenters. The Kier molecular flexibility index (Phi) is 20.7. The highest BCUT2D eigenvalue weighted by molar-refractivity contribution is 4.80. The van der Waals surface area contributed by atoms with Gasteiger partial charge >= 0.3 is 0 Å². The van der Waals surface area contributed by atoms with Gasteiger partial charge in [-0.15, -0.1) is 0 Å². The summed E-state index contributed by atoms with van der Waals surface area (Å²) in [5, 5.41) is 20.0. The number of ether oxygens (including phenoxy) is 2. The Morgan fingerprint density at radius 1 is 0.676 bits per heavy atom. The van der Waals surface area contributed by atoms with Gasteiger partial charge in [-0.1, -0.05) is 129 Å². The van der Waals surface area contributed by atoms with E-state index in [1.807, 2.05) is 6.92 Å². The molecule has 2 N–H and O–H groups in total. The summed E-state index contributed by atoms with van der Waals surface area (Å²) in [4.78, 5) is 0. The molecule has 0 aromatic heterocycles. The van der Waals surface area contributed by atoms with Crippen molar-refractivity contribution in [2.75, 3.05) is 6.61 Å². The smallest absolute Gasteiger partial charge is 0.160 e. The average molecular weight is 485 g/mol. The summed E-state index contributed by atoms with van der Waals surface area (Å²) in [6.07, 6.45) is 25.2. The lowest BCUT2D eigenvalue weighted by atomic mass is 9.94. The van der Waals surface area contributed by atoms with Crippen LogP contribution in [-0.4, -0.2) is 41.4 Å². The number of aliphatic hydroxyl groups is 2. The first kappa shape index (κ1) is 31.9. The Balaban J connectivity index is 2.23. The van der Waals surface area contributed by atoms with Gasteiger partial charge in [0.2, 0.25) is 0 Å². The van der Waals surface area contributed by atoms with Gasteiger partial charge in [0.1, 0.15) is 6.10 Å². The SMILES string of the molecule is CCCCCCCCCCCCC(CCCCCCCCCC)CO[C@H]1C[C@H](O)[C@@H](O)[C@H](C)O1. The van der Waals surface area contributed by atoms with Crippen LogP contribution in [0.15, 0.2) is 0 Å².